The number of phenols is 1. The van der Waals surface area contributed by atoms with Gasteiger partial charge in [0.2, 0.25) is 5.91 Å². The summed E-state index contributed by atoms with van der Waals surface area (Å²) in [6.07, 6.45) is 0.0937. The van der Waals surface area contributed by atoms with Crippen molar-refractivity contribution in [3.05, 3.63) is 29.8 Å². The molecule has 22 heavy (non-hydrogen) atoms. The zero-order valence-electron chi connectivity index (χ0n) is 12.8. The molecule has 1 amide bonds. The van der Waals surface area contributed by atoms with E-state index in [2.05, 4.69) is 5.32 Å². The Morgan fingerprint density at radius 1 is 1.27 bits per heavy atom. The van der Waals surface area contributed by atoms with E-state index >= 15 is 0 Å². The van der Waals surface area contributed by atoms with Crippen molar-refractivity contribution in [3.63, 3.8) is 0 Å². The van der Waals surface area contributed by atoms with Gasteiger partial charge in [0.15, 0.2) is 0 Å². The van der Waals surface area contributed by atoms with E-state index in [4.69, 9.17) is 14.8 Å². The second-order valence-corrected chi connectivity index (χ2v) is 6.68. The molecule has 0 saturated carbocycles. The Morgan fingerprint density at radius 3 is 2.32 bits per heavy atom. The summed E-state index contributed by atoms with van der Waals surface area (Å²) in [5.41, 5.74) is 6.64. The van der Waals surface area contributed by atoms with Gasteiger partial charge < -0.3 is 25.2 Å². The molecular formula is C14H23N2O5P. The number of hydrogen-bond donors (Lipinski definition) is 3. The van der Waals surface area contributed by atoms with E-state index in [1.54, 1.807) is 26.0 Å². The van der Waals surface area contributed by atoms with E-state index in [0.717, 1.165) is 5.56 Å². The lowest BCUT2D eigenvalue weighted by atomic mass is 10.1. The first-order valence-corrected chi connectivity index (χ1v) is 8.82. The fraction of sp³-hybridized carbons (Fsp3) is 0.500. The number of rotatable bonds is 9. The highest BCUT2D eigenvalue weighted by atomic mass is 31.2. The highest BCUT2D eigenvalue weighted by Gasteiger charge is 2.25. The average Bonchev–Trinajstić information content (AvgIpc) is 2.47. The van der Waals surface area contributed by atoms with Gasteiger partial charge in [0, 0.05) is 0 Å². The SMILES string of the molecule is CCOP(=O)(CNC(=O)[C@@H](N)Cc1ccc(O)cc1)OCC. The predicted octanol–water partition coefficient (Wildman–Crippen LogP) is 1.60. The van der Waals surface area contributed by atoms with Crippen LogP contribution in [0.2, 0.25) is 0 Å². The van der Waals surface area contributed by atoms with Crippen LogP contribution in [0.25, 0.3) is 0 Å². The number of phenolic OH excluding ortho intramolecular Hbond substituents is 1. The van der Waals surface area contributed by atoms with Crippen molar-refractivity contribution in [1.29, 1.82) is 0 Å². The van der Waals surface area contributed by atoms with Gasteiger partial charge in [-0.15, -0.1) is 0 Å². The fourth-order valence-electron chi connectivity index (χ4n) is 1.81. The number of hydrogen-bond acceptors (Lipinski definition) is 6. The Kier molecular flexibility index (Phi) is 7.55. The van der Waals surface area contributed by atoms with E-state index in [9.17, 15) is 14.5 Å². The molecule has 0 aromatic heterocycles. The van der Waals surface area contributed by atoms with E-state index < -0.39 is 19.5 Å². The molecule has 1 atom stereocenters. The zero-order chi connectivity index (χ0) is 16.6. The van der Waals surface area contributed by atoms with Crippen LogP contribution in [0.5, 0.6) is 5.75 Å². The van der Waals surface area contributed by atoms with Crippen LogP contribution in [-0.4, -0.2) is 36.6 Å². The molecule has 0 spiro atoms. The van der Waals surface area contributed by atoms with Crippen LogP contribution in [0, 0.1) is 0 Å². The maximum Gasteiger partial charge on any atom is 0.349 e. The Balaban J connectivity index is 2.52. The topological polar surface area (TPSA) is 111 Å². The zero-order valence-corrected chi connectivity index (χ0v) is 13.7. The molecule has 0 bridgehead atoms. The number of nitrogens with two attached hydrogens (primary N) is 1. The van der Waals surface area contributed by atoms with Gasteiger partial charge in [-0.3, -0.25) is 9.36 Å². The van der Waals surface area contributed by atoms with Crippen molar-refractivity contribution in [2.45, 2.75) is 26.3 Å². The Hall–Kier alpha value is -1.40. The first kappa shape index (κ1) is 18.6. The second-order valence-electron chi connectivity index (χ2n) is 4.62. The molecule has 1 aromatic carbocycles. The molecule has 0 aliphatic heterocycles. The molecule has 0 radical (unpaired) electrons. The summed E-state index contributed by atoms with van der Waals surface area (Å²) < 4.78 is 22.4. The number of benzene rings is 1. The molecule has 0 aliphatic rings. The largest absolute Gasteiger partial charge is 0.508 e. The highest BCUT2D eigenvalue weighted by Crippen LogP contribution is 2.46. The fourth-order valence-corrected chi connectivity index (χ4v) is 3.20. The summed E-state index contributed by atoms with van der Waals surface area (Å²) in [4.78, 5) is 12.0. The van der Waals surface area contributed by atoms with Crippen molar-refractivity contribution in [2.75, 3.05) is 19.5 Å². The van der Waals surface area contributed by atoms with Gasteiger partial charge in [-0.1, -0.05) is 12.1 Å². The molecule has 124 valence electrons. The van der Waals surface area contributed by atoms with Crippen LogP contribution in [0.15, 0.2) is 24.3 Å². The minimum Gasteiger partial charge on any atom is -0.508 e. The van der Waals surface area contributed by atoms with E-state index in [-0.39, 0.29) is 25.2 Å². The van der Waals surface area contributed by atoms with Crippen LogP contribution in [0.1, 0.15) is 19.4 Å². The maximum absolute atomic E-state index is 12.2. The van der Waals surface area contributed by atoms with Gasteiger partial charge in [-0.25, -0.2) is 0 Å². The first-order chi connectivity index (χ1) is 10.4. The van der Waals surface area contributed by atoms with Crippen molar-refractivity contribution in [3.8, 4) is 5.75 Å². The highest BCUT2D eigenvalue weighted by molar-refractivity contribution is 7.53. The molecule has 1 aromatic rings. The Bertz CT molecular complexity index is 510. The van der Waals surface area contributed by atoms with Gasteiger partial charge in [-0.05, 0) is 38.0 Å². The second kappa shape index (κ2) is 8.90. The van der Waals surface area contributed by atoms with Gasteiger partial charge in [-0.2, -0.15) is 0 Å². The number of carbonyl (C=O) groups is 1. The van der Waals surface area contributed by atoms with E-state index in [1.807, 2.05) is 0 Å². The summed E-state index contributed by atoms with van der Waals surface area (Å²) in [6.45, 7) is 3.85. The summed E-state index contributed by atoms with van der Waals surface area (Å²) in [5, 5.41) is 11.7. The standard InChI is InChI=1S/C14H23N2O5P/c1-3-20-22(19,21-4-2)10-16-14(18)13(15)9-11-5-7-12(17)8-6-11/h5-8,13,17H,3-4,9-10,15H2,1-2H3,(H,16,18)/t13-/m0/s1. The number of nitrogens with one attached hydrogen (secondary N) is 1. The molecule has 0 unspecified atom stereocenters. The van der Waals surface area contributed by atoms with Crippen molar-refractivity contribution >= 4 is 13.5 Å². The molecule has 0 aliphatic carbocycles. The van der Waals surface area contributed by atoms with Crippen molar-refractivity contribution < 1.29 is 23.5 Å². The van der Waals surface area contributed by atoms with Gasteiger partial charge in [0.1, 0.15) is 12.0 Å². The molecule has 0 fully saturated rings. The van der Waals surface area contributed by atoms with E-state index in [0.29, 0.717) is 6.42 Å². The third kappa shape index (κ3) is 6.15. The van der Waals surface area contributed by atoms with Gasteiger partial charge in [0.05, 0.1) is 19.3 Å². The molecule has 0 heterocycles. The lowest BCUT2D eigenvalue weighted by Crippen LogP contribution is -2.42. The van der Waals surface area contributed by atoms with Crippen LogP contribution in [0.4, 0.5) is 0 Å². The lowest BCUT2D eigenvalue weighted by Gasteiger charge is -2.19. The number of aromatic hydroxyl groups is 1. The van der Waals surface area contributed by atoms with Gasteiger partial charge in [0.25, 0.3) is 0 Å². The van der Waals surface area contributed by atoms with Crippen molar-refractivity contribution in [1.82, 2.24) is 5.32 Å². The lowest BCUT2D eigenvalue weighted by molar-refractivity contribution is -0.122. The summed E-state index contributed by atoms with van der Waals surface area (Å²) in [5.74, 6) is -0.288. The Morgan fingerprint density at radius 2 is 1.82 bits per heavy atom. The molecule has 1 rings (SSSR count). The number of amides is 1. The smallest absolute Gasteiger partial charge is 0.349 e. The Labute approximate surface area is 130 Å². The van der Waals surface area contributed by atoms with Crippen molar-refractivity contribution in [2.24, 2.45) is 5.73 Å². The quantitative estimate of drug-likeness (QED) is 0.593. The maximum atomic E-state index is 12.2. The third-order valence-electron chi connectivity index (χ3n) is 2.83. The molecule has 7 nitrogen and oxygen atoms in total. The predicted molar refractivity (Wildman–Crippen MR) is 83.7 cm³/mol. The monoisotopic (exact) mass is 330 g/mol. The average molecular weight is 330 g/mol. The summed E-state index contributed by atoms with van der Waals surface area (Å²) in [6, 6.07) is 5.64. The minimum absolute atomic E-state index is 0.149. The molecular weight excluding hydrogens is 307 g/mol. The van der Waals surface area contributed by atoms with Crippen LogP contribution >= 0.6 is 7.60 Å². The minimum atomic E-state index is -3.32. The van der Waals surface area contributed by atoms with Crippen LogP contribution in [-0.2, 0) is 24.8 Å². The van der Waals surface area contributed by atoms with Crippen LogP contribution < -0.4 is 11.1 Å². The first-order valence-electron chi connectivity index (χ1n) is 7.09. The third-order valence-corrected chi connectivity index (χ3v) is 4.68. The van der Waals surface area contributed by atoms with Gasteiger partial charge >= 0.3 is 7.60 Å². The normalized spacial score (nSPS) is 12.9. The molecule has 8 heteroatoms. The number of carbonyl (C=O) groups excluding carboxylic acids is 1. The summed E-state index contributed by atoms with van der Waals surface area (Å²) in [7, 11) is -3.32. The summed E-state index contributed by atoms with van der Waals surface area (Å²) >= 11 is 0. The van der Waals surface area contributed by atoms with Crippen LogP contribution in [0.3, 0.4) is 0 Å². The molecule has 4 N–H and O–H groups in total. The van der Waals surface area contributed by atoms with E-state index in [1.165, 1.54) is 12.1 Å². The molecule has 0 saturated heterocycles.